The summed E-state index contributed by atoms with van der Waals surface area (Å²) in [6, 6.07) is 35.1. The number of hydrogen-bond acceptors (Lipinski definition) is 4. The Bertz CT molecular complexity index is 1800. The monoisotopic (exact) mass is 447 g/mol. The minimum Gasteiger partial charge on any atom is -0.308 e. The summed E-state index contributed by atoms with van der Waals surface area (Å²) < 4.78 is 2.15. The number of nitrogens with zero attached hydrogens (tertiary/aromatic N) is 5. The van der Waals surface area contributed by atoms with Crippen LogP contribution in [0.15, 0.2) is 103 Å². The molecule has 162 valence electrons. The first-order valence-electron chi connectivity index (χ1n) is 11.1. The second-order valence-electron chi connectivity index (χ2n) is 8.20. The van der Waals surface area contributed by atoms with E-state index >= 15 is 0 Å². The number of hydrogen-bond donors (Lipinski definition) is 0. The third-order valence-corrected chi connectivity index (χ3v) is 6.22. The van der Waals surface area contributed by atoms with Gasteiger partial charge >= 0.3 is 0 Å². The zero-order valence-electron chi connectivity index (χ0n) is 18.6. The van der Waals surface area contributed by atoms with Crippen molar-refractivity contribution in [1.82, 2.24) is 14.5 Å². The molecule has 0 unspecified atom stereocenters. The molecule has 2 heterocycles. The lowest BCUT2D eigenvalue weighted by Crippen LogP contribution is -1.98. The van der Waals surface area contributed by atoms with Gasteiger partial charge in [0.2, 0.25) is 5.82 Å². The van der Waals surface area contributed by atoms with Crippen LogP contribution < -0.4 is 0 Å². The summed E-state index contributed by atoms with van der Waals surface area (Å²) in [5.74, 6) is 0.117. The molecule has 0 N–H and O–H groups in total. The number of rotatable bonds is 3. The highest BCUT2D eigenvalue weighted by Crippen LogP contribution is 2.36. The van der Waals surface area contributed by atoms with Crippen molar-refractivity contribution in [3.8, 4) is 40.1 Å². The van der Waals surface area contributed by atoms with Crippen LogP contribution in [-0.2, 0) is 0 Å². The molecule has 0 aliphatic carbocycles. The van der Waals surface area contributed by atoms with Gasteiger partial charge in [0.15, 0.2) is 0 Å². The fraction of sp³-hybridized carbons (Fsp3) is 0. The maximum atomic E-state index is 10.1. The fourth-order valence-corrected chi connectivity index (χ4v) is 4.58. The van der Waals surface area contributed by atoms with Crippen molar-refractivity contribution in [1.29, 1.82) is 10.5 Å². The predicted molar refractivity (Wildman–Crippen MR) is 137 cm³/mol. The Morgan fingerprint density at radius 3 is 2.03 bits per heavy atom. The molecular formula is C30H17N5. The van der Waals surface area contributed by atoms with Crippen LogP contribution in [0.3, 0.4) is 0 Å². The van der Waals surface area contributed by atoms with Crippen LogP contribution in [0.25, 0.3) is 49.7 Å². The molecule has 0 fully saturated rings. The van der Waals surface area contributed by atoms with E-state index in [9.17, 15) is 5.26 Å². The van der Waals surface area contributed by atoms with Crippen LogP contribution in [-0.4, -0.2) is 14.5 Å². The van der Waals surface area contributed by atoms with E-state index in [0.29, 0.717) is 5.56 Å². The van der Waals surface area contributed by atoms with Crippen LogP contribution in [0, 0.1) is 22.7 Å². The van der Waals surface area contributed by atoms with Gasteiger partial charge in [-0.2, -0.15) is 10.5 Å². The zero-order valence-corrected chi connectivity index (χ0v) is 18.6. The second-order valence-corrected chi connectivity index (χ2v) is 8.20. The number of benzene rings is 4. The summed E-state index contributed by atoms with van der Waals surface area (Å²) in [7, 11) is 0. The molecule has 5 nitrogen and oxygen atoms in total. The van der Waals surface area contributed by atoms with Crippen molar-refractivity contribution >= 4 is 21.8 Å². The largest absolute Gasteiger partial charge is 0.308 e. The topological polar surface area (TPSA) is 78.3 Å². The van der Waals surface area contributed by atoms with Crippen LogP contribution in [0.1, 0.15) is 11.4 Å². The van der Waals surface area contributed by atoms with Gasteiger partial charge in [0.05, 0.1) is 22.3 Å². The van der Waals surface area contributed by atoms with E-state index in [1.54, 1.807) is 12.4 Å². The van der Waals surface area contributed by atoms with Gasteiger partial charge in [0.25, 0.3) is 0 Å². The lowest BCUT2D eigenvalue weighted by atomic mass is 10.0. The Hall–Kier alpha value is -5.26. The maximum absolute atomic E-state index is 10.1. The van der Waals surface area contributed by atoms with E-state index in [1.807, 2.05) is 54.6 Å². The van der Waals surface area contributed by atoms with E-state index in [1.165, 1.54) is 0 Å². The van der Waals surface area contributed by atoms with Crippen molar-refractivity contribution < 1.29 is 0 Å². The van der Waals surface area contributed by atoms with Crippen LogP contribution in [0.4, 0.5) is 0 Å². The fourth-order valence-electron chi connectivity index (χ4n) is 4.58. The van der Waals surface area contributed by atoms with Crippen LogP contribution in [0.5, 0.6) is 0 Å². The Balaban J connectivity index is 1.56. The zero-order chi connectivity index (χ0) is 23.8. The molecule has 0 aliphatic heterocycles. The van der Waals surface area contributed by atoms with E-state index in [0.717, 1.165) is 49.7 Å². The molecule has 5 heteroatoms. The lowest BCUT2D eigenvalue weighted by molar-refractivity contribution is 1.11. The van der Waals surface area contributed by atoms with Crippen LogP contribution >= 0.6 is 0 Å². The summed E-state index contributed by atoms with van der Waals surface area (Å²) in [6.07, 6.45) is 3.21. The summed E-state index contributed by atoms with van der Waals surface area (Å²) in [6.45, 7) is 0. The Morgan fingerprint density at radius 1 is 0.571 bits per heavy atom. The molecule has 2 aromatic heterocycles. The minimum absolute atomic E-state index is 0.117. The number of fused-ring (bicyclic) bond motifs is 3. The van der Waals surface area contributed by atoms with Crippen molar-refractivity contribution in [2.24, 2.45) is 0 Å². The van der Waals surface area contributed by atoms with Gasteiger partial charge in [-0.05, 0) is 47.0 Å². The molecule has 0 bridgehead atoms. The first-order chi connectivity index (χ1) is 17.3. The average molecular weight is 448 g/mol. The molecule has 35 heavy (non-hydrogen) atoms. The summed E-state index contributed by atoms with van der Waals surface area (Å²) in [5.41, 5.74) is 7.32. The molecule has 0 saturated heterocycles. The standard InChI is InChI=1S/C30H17N5/c31-16-23-14-21(24-18-33-30(17-32)34-19-24)10-12-27(23)35-28-9-5-4-8-25(28)26-15-22(11-13-29(26)35)20-6-2-1-3-7-20/h1-15,18-19H. The molecule has 0 saturated carbocycles. The highest BCUT2D eigenvalue weighted by Gasteiger charge is 2.16. The Labute approximate surface area is 201 Å². The molecule has 6 rings (SSSR count). The van der Waals surface area contributed by atoms with Crippen molar-refractivity contribution in [2.45, 2.75) is 0 Å². The van der Waals surface area contributed by atoms with Gasteiger partial charge in [-0.3, -0.25) is 0 Å². The normalized spacial score (nSPS) is 10.8. The second kappa shape index (κ2) is 8.26. The van der Waals surface area contributed by atoms with Crippen LogP contribution in [0.2, 0.25) is 0 Å². The SMILES string of the molecule is N#Cc1ncc(-c2ccc(-n3c4ccccc4c4cc(-c5ccccc5)ccc43)c(C#N)c2)cn1. The van der Waals surface area contributed by atoms with Crippen molar-refractivity contribution in [3.63, 3.8) is 0 Å². The average Bonchev–Trinajstić information content (AvgIpc) is 3.27. The van der Waals surface area contributed by atoms with Crippen molar-refractivity contribution in [3.05, 3.63) is 115 Å². The third-order valence-electron chi connectivity index (χ3n) is 6.22. The molecule has 6 aromatic rings. The predicted octanol–water partition coefficient (Wildman–Crippen LogP) is 6.65. The van der Waals surface area contributed by atoms with Gasteiger partial charge < -0.3 is 4.57 Å². The third kappa shape index (κ3) is 3.40. The number of para-hydroxylation sites is 1. The first-order valence-corrected chi connectivity index (χ1v) is 11.1. The summed E-state index contributed by atoms with van der Waals surface area (Å²) in [5, 5.41) is 21.3. The molecule has 0 radical (unpaired) electrons. The van der Waals surface area contributed by atoms with E-state index in [2.05, 4.69) is 63.1 Å². The van der Waals surface area contributed by atoms with Gasteiger partial charge in [-0.1, -0.05) is 60.7 Å². The molecule has 0 atom stereocenters. The smallest absolute Gasteiger partial charge is 0.232 e. The number of nitriles is 2. The molecule has 4 aromatic carbocycles. The minimum atomic E-state index is 0.117. The molecule has 0 aliphatic rings. The van der Waals surface area contributed by atoms with E-state index in [-0.39, 0.29) is 5.82 Å². The van der Waals surface area contributed by atoms with Gasteiger partial charge in [0.1, 0.15) is 12.1 Å². The summed E-state index contributed by atoms with van der Waals surface area (Å²) in [4.78, 5) is 8.11. The quantitative estimate of drug-likeness (QED) is 0.304. The lowest BCUT2D eigenvalue weighted by Gasteiger charge is -2.12. The van der Waals surface area contributed by atoms with Gasteiger partial charge in [-0.25, -0.2) is 9.97 Å². The Kier molecular flexibility index (Phi) is 4.80. The number of aromatic nitrogens is 3. The van der Waals surface area contributed by atoms with Crippen molar-refractivity contribution in [2.75, 3.05) is 0 Å². The van der Waals surface area contributed by atoms with E-state index < -0.39 is 0 Å². The molecule has 0 amide bonds. The first kappa shape index (κ1) is 20.4. The Morgan fingerprint density at radius 2 is 1.26 bits per heavy atom. The highest BCUT2D eigenvalue weighted by atomic mass is 15.0. The van der Waals surface area contributed by atoms with Gasteiger partial charge in [0, 0.05) is 28.7 Å². The molecular weight excluding hydrogens is 430 g/mol. The van der Waals surface area contributed by atoms with Gasteiger partial charge in [-0.15, -0.1) is 0 Å². The highest BCUT2D eigenvalue weighted by molar-refractivity contribution is 6.10. The molecule has 0 spiro atoms. The van der Waals surface area contributed by atoms with E-state index in [4.69, 9.17) is 5.26 Å². The summed E-state index contributed by atoms with van der Waals surface area (Å²) >= 11 is 0. The maximum Gasteiger partial charge on any atom is 0.232 e.